The summed E-state index contributed by atoms with van der Waals surface area (Å²) in [4.78, 5) is 23.3. The maximum Gasteiger partial charge on any atom is 0.251 e. The molecule has 7 heteroatoms. The van der Waals surface area contributed by atoms with Crippen molar-refractivity contribution < 1.29 is 0 Å². The highest BCUT2D eigenvalue weighted by Crippen LogP contribution is 2.28. The molecule has 2 heterocycles. The fraction of sp³-hybridized carbons (Fsp3) is 0.211. The molecule has 1 atom stereocenters. The van der Waals surface area contributed by atoms with Crippen molar-refractivity contribution in [2.45, 2.75) is 26.3 Å². The summed E-state index contributed by atoms with van der Waals surface area (Å²) >= 11 is 12.2. The monoisotopic (exact) mass is 388 g/mol. The van der Waals surface area contributed by atoms with E-state index in [1.165, 1.54) is 6.07 Å². The van der Waals surface area contributed by atoms with Crippen LogP contribution in [0.15, 0.2) is 47.4 Å². The summed E-state index contributed by atoms with van der Waals surface area (Å²) in [5.74, 6) is 1.21. The van der Waals surface area contributed by atoms with E-state index in [1.54, 1.807) is 18.3 Å². The standard InChI is InChI=1S/C19H18Cl2N4O/c1-3-14-9-18(26)25-19(24-14)12-4-7-17(22-10-12)23-11(2)15-6-5-13(20)8-16(15)21/h4-11H,3H2,1-2H3,(H,22,23)(H,24,25,26)/t11-/m0/s1. The summed E-state index contributed by atoms with van der Waals surface area (Å²) in [6.07, 6.45) is 2.37. The van der Waals surface area contributed by atoms with Crippen molar-refractivity contribution in [2.24, 2.45) is 0 Å². The van der Waals surface area contributed by atoms with Gasteiger partial charge in [-0.1, -0.05) is 36.2 Å². The number of hydrogen-bond donors (Lipinski definition) is 2. The predicted molar refractivity (Wildman–Crippen MR) is 106 cm³/mol. The molecule has 2 aromatic heterocycles. The van der Waals surface area contributed by atoms with Gasteiger partial charge in [0.05, 0.1) is 6.04 Å². The van der Waals surface area contributed by atoms with Gasteiger partial charge in [-0.25, -0.2) is 9.97 Å². The Labute approximate surface area is 161 Å². The van der Waals surface area contributed by atoms with Crippen LogP contribution in [-0.4, -0.2) is 15.0 Å². The number of halogens is 2. The lowest BCUT2D eigenvalue weighted by Gasteiger charge is -2.16. The van der Waals surface area contributed by atoms with Crippen molar-refractivity contribution >= 4 is 29.0 Å². The Kier molecular flexibility index (Phi) is 5.59. The van der Waals surface area contributed by atoms with Gasteiger partial charge in [0, 0.05) is 33.6 Å². The zero-order chi connectivity index (χ0) is 18.7. The van der Waals surface area contributed by atoms with Crippen molar-refractivity contribution in [3.63, 3.8) is 0 Å². The third-order valence-electron chi connectivity index (χ3n) is 3.99. The molecule has 0 bridgehead atoms. The minimum Gasteiger partial charge on any atom is -0.363 e. The third-order valence-corrected chi connectivity index (χ3v) is 4.55. The summed E-state index contributed by atoms with van der Waals surface area (Å²) in [6.45, 7) is 3.95. The predicted octanol–water partition coefficient (Wildman–Crippen LogP) is 4.87. The molecule has 0 fully saturated rings. The zero-order valence-electron chi connectivity index (χ0n) is 14.4. The number of H-pyrrole nitrogens is 1. The van der Waals surface area contributed by atoms with Crippen molar-refractivity contribution in [1.29, 1.82) is 0 Å². The van der Waals surface area contributed by atoms with Gasteiger partial charge >= 0.3 is 0 Å². The second kappa shape index (κ2) is 7.89. The summed E-state index contributed by atoms with van der Waals surface area (Å²) in [6, 6.07) is 10.6. The lowest BCUT2D eigenvalue weighted by Crippen LogP contribution is -2.10. The Hall–Kier alpha value is -2.37. The summed E-state index contributed by atoms with van der Waals surface area (Å²) < 4.78 is 0. The molecular weight excluding hydrogens is 371 g/mol. The number of hydrogen-bond acceptors (Lipinski definition) is 4. The van der Waals surface area contributed by atoms with E-state index in [1.807, 2.05) is 32.0 Å². The van der Waals surface area contributed by atoms with Crippen LogP contribution in [0.1, 0.15) is 31.1 Å². The largest absolute Gasteiger partial charge is 0.363 e. The van der Waals surface area contributed by atoms with Gasteiger partial charge in [-0.05, 0) is 43.2 Å². The average Bonchev–Trinajstić information content (AvgIpc) is 2.61. The van der Waals surface area contributed by atoms with Gasteiger partial charge in [0.25, 0.3) is 5.56 Å². The molecule has 26 heavy (non-hydrogen) atoms. The van der Waals surface area contributed by atoms with E-state index in [9.17, 15) is 4.79 Å². The first kappa shape index (κ1) is 18.4. The van der Waals surface area contributed by atoms with Crippen LogP contribution in [0, 0.1) is 0 Å². The Morgan fingerprint density at radius 2 is 2.00 bits per heavy atom. The lowest BCUT2D eigenvalue weighted by molar-refractivity contribution is 0.875. The van der Waals surface area contributed by atoms with Gasteiger partial charge in [0.1, 0.15) is 11.6 Å². The molecule has 0 spiro atoms. The van der Waals surface area contributed by atoms with Crippen LogP contribution in [0.5, 0.6) is 0 Å². The minimum atomic E-state index is -0.167. The number of anilines is 1. The number of benzene rings is 1. The third kappa shape index (κ3) is 4.23. The van der Waals surface area contributed by atoms with E-state index in [-0.39, 0.29) is 11.6 Å². The molecule has 0 amide bonds. The Morgan fingerprint density at radius 1 is 1.19 bits per heavy atom. The van der Waals surface area contributed by atoms with Crippen LogP contribution in [0.4, 0.5) is 5.82 Å². The topological polar surface area (TPSA) is 70.7 Å². The highest BCUT2D eigenvalue weighted by molar-refractivity contribution is 6.35. The van der Waals surface area contributed by atoms with Crippen molar-refractivity contribution in [2.75, 3.05) is 5.32 Å². The van der Waals surface area contributed by atoms with Crippen molar-refractivity contribution in [3.05, 3.63) is 74.3 Å². The number of rotatable bonds is 5. The lowest BCUT2D eigenvalue weighted by atomic mass is 10.1. The average molecular weight is 389 g/mol. The van der Waals surface area contributed by atoms with Gasteiger partial charge in [0.15, 0.2) is 0 Å². The molecule has 3 rings (SSSR count). The highest BCUT2D eigenvalue weighted by Gasteiger charge is 2.11. The quantitative estimate of drug-likeness (QED) is 0.653. The summed E-state index contributed by atoms with van der Waals surface area (Å²) in [5, 5.41) is 4.51. The van der Waals surface area contributed by atoms with Gasteiger partial charge < -0.3 is 10.3 Å². The Balaban J connectivity index is 1.79. The summed E-state index contributed by atoms with van der Waals surface area (Å²) in [7, 11) is 0. The Bertz CT molecular complexity index is 970. The number of nitrogens with one attached hydrogen (secondary N) is 2. The van der Waals surface area contributed by atoms with E-state index >= 15 is 0 Å². The zero-order valence-corrected chi connectivity index (χ0v) is 15.9. The van der Waals surface area contributed by atoms with Crippen molar-refractivity contribution in [3.8, 4) is 11.4 Å². The number of aryl methyl sites for hydroxylation is 1. The number of nitrogens with zero attached hydrogens (tertiary/aromatic N) is 2. The minimum absolute atomic E-state index is 0.0422. The molecule has 3 aromatic rings. The van der Waals surface area contributed by atoms with E-state index in [2.05, 4.69) is 20.3 Å². The van der Waals surface area contributed by atoms with Crippen LogP contribution < -0.4 is 10.9 Å². The molecule has 0 aliphatic heterocycles. The van der Waals surface area contributed by atoms with Gasteiger partial charge in [0.2, 0.25) is 0 Å². The fourth-order valence-corrected chi connectivity index (χ4v) is 3.17. The normalized spacial score (nSPS) is 12.0. The molecule has 0 aliphatic rings. The Morgan fingerprint density at radius 3 is 2.65 bits per heavy atom. The van der Waals surface area contributed by atoms with E-state index < -0.39 is 0 Å². The maximum absolute atomic E-state index is 11.7. The van der Waals surface area contributed by atoms with Crippen LogP contribution in [0.2, 0.25) is 10.0 Å². The highest BCUT2D eigenvalue weighted by atomic mass is 35.5. The van der Waals surface area contributed by atoms with Gasteiger partial charge in [-0.15, -0.1) is 0 Å². The maximum atomic E-state index is 11.7. The second-order valence-electron chi connectivity index (χ2n) is 5.90. The van der Waals surface area contributed by atoms with E-state index in [0.717, 1.165) is 16.8 Å². The summed E-state index contributed by atoms with van der Waals surface area (Å²) in [5.41, 5.74) is 2.26. The molecule has 0 radical (unpaired) electrons. The molecular formula is C19H18Cl2N4O. The first-order valence-corrected chi connectivity index (χ1v) is 9.00. The SMILES string of the molecule is CCc1cc(=O)[nH]c(-c2ccc(N[C@@H](C)c3ccc(Cl)cc3Cl)nc2)n1. The molecule has 0 saturated heterocycles. The first-order valence-electron chi connectivity index (χ1n) is 8.24. The molecule has 0 aliphatic carbocycles. The molecule has 1 aromatic carbocycles. The number of aromatic amines is 1. The first-order chi connectivity index (χ1) is 12.5. The molecule has 5 nitrogen and oxygen atoms in total. The second-order valence-corrected chi connectivity index (χ2v) is 6.75. The number of aromatic nitrogens is 3. The van der Waals surface area contributed by atoms with E-state index in [4.69, 9.17) is 23.2 Å². The smallest absolute Gasteiger partial charge is 0.251 e. The van der Waals surface area contributed by atoms with Gasteiger partial charge in [-0.2, -0.15) is 0 Å². The molecule has 0 unspecified atom stereocenters. The van der Waals surface area contributed by atoms with Gasteiger partial charge in [-0.3, -0.25) is 4.79 Å². The van der Waals surface area contributed by atoms with Crippen LogP contribution in [-0.2, 0) is 6.42 Å². The fourth-order valence-electron chi connectivity index (χ4n) is 2.60. The van der Waals surface area contributed by atoms with E-state index in [0.29, 0.717) is 28.1 Å². The van der Waals surface area contributed by atoms with Crippen LogP contribution in [0.25, 0.3) is 11.4 Å². The van der Waals surface area contributed by atoms with Crippen LogP contribution in [0.3, 0.4) is 0 Å². The number of pyridine rings is 1. The van der Waals surface area contributed by atoms with Crippen molar-refractivity contribution in [1.82, 2.24) is 15.0 Å². The molecule has 2 N–H and O–H groups in total. The van der Waals surface area contributed by atoms with Crippen LogP contribution >= 0.6 is 23.2 Å². The molecule has 134 valence electrons. The molecule has 0 saturated carbocycles.